The molecule has 2 aliphatic heterocycles. The maximum absolute atomic E-state index is 6.47. The van der Waals surface area contributed by atoms with E-state index in [1.54, 1.807) is 0 Å². The Morgan fingerprint density at radius 2 is 1.05 bits per heavy atom. The first kappa shape index (κ1) is 46.1. The molecule has 0 unspecified atom stereocenters. The van der Waals surface area contributed by atoms with E-state index in [1.807, 2.05) is 0 Å². The topological polar surface area (TPSA) is 32.8 Å². The Bertz CT molecular complexity index is 4040. The minimum absolute atomic E-state index is 0.00684. The summed E-state index contributed by atoms with van der Waals surface area (Å²) in [5.74, 6) is 1.09. The number of nitrogens with zero attached hydrogens (tertiary/aromatic N) is 2. The molecule has 370 valence electrons. The molecule has 0 saturated heterocycles. The second-order valence-electron chi connectivity index (χ2n) is 25.5. The molecule has 0 amide bonds. The third-order valence-electron chi connectivity index (χ3n) is 17.7. The Morgan fingerprint density at radius 1 is 0.493 bits per heavy atom. The summed E-state index contributed by atoms with van der Waals surface area (Å²) in [6.07, 6.45) is 6.60. The van der Waals surface area contributed by atoms with E-state index < -0.39 is 0 Å². The van der Waals surface area contributed by atoms with E-state index >= 15 is 0 Å². The molecular formula is C70H65BN2O2. The summed E-state index contributed by atoms with van der Waals surface area (Å²) in [5, 5.41) is 3.49. The van der Waals surface area contributed by atoms with Crippen molar-refractivity contribution in [3.05, 3.63) is 203 Å². The summed E-state index contributed by atoms with van der Waals surface area (Å²) < 4.78 is 12.9. The van der Waals surface area contributed by atoms with Crippen LogP contribution in [0.2, 0.25) is 0 Å². The molecule has 0 atom stereocenters. The van der Waals surface area contributed by atoms with Crippen LogP contribution in [0.4, 0.5) is 34.1 Å². The van der Waals surface area contributed by atoms with Crippen LogP contribution in [0.25, 0.3) is 49.6 Å². The monoisotopic (exact) mass is 977 g/mol. The number of benzene rings is 8. The van der Waals surface area contributed by atoms with Gasteiger partial charge in [-0.3, -0.25) is 0 Å². The Hall–Kier alpha value is -7.50. The summed E-state index contributed by atoms with van der Waals surface area (Å²) in [6, 6.07) is 60.0. The highest BCUT2D eigenvalue weighted by Gasteiger charge is 2.47. The molecule has 4 heterocycles. The zero-order chi connectivity index (χ0) is 51.5. The molecule has 0 fully saturated rings. The van der Waals surface area contributed by atoms with Crippen LogP contribution in [0, 0.1) is 0 Å². The molecule has 4 nitrogen and oxygen atoms in total. The lowest BCUT2D eigenvalue weighted by Gasteiger charge is -2.48. The maximum Gasteiger partial charge on any atom is 0.252 e. The average Bonchev–Trinajstić information content (AvgIpc) is 4.19. The van der Waals surface area contributed by atoms with Gasteiger partial charge in [0.2, 0.25) is 0 Å². The molecule has 14 rings (SSSR count). The number of allylic oxidation sites excluding steroid dienone is 1. The highest BCUT2D eigenvalue weighted by atomic mass is 16.3. The van der Waals surface area contributed by atoms with Gasteiger partial charge >= 0.3 is 0 Å². The fourth-order valence-electron chi connectivity index (χ4n) is 13.4. The number of anilines is 6. The van der Waals surface area contributed by atoms with Crippen LogP contribution in [0.1, 0.15) is 128 Å². The van der Waals surface area contributed by atoms with E-state index in [0.717, 1.165) is 70.3 Å². The molecule has 10 aromatic rings. The van der Waals surface area contributed by atoms with Crippen molar-refractivity contribution in [1.82, 2.24) is 0 Å². The standard InChI is InChI=1S/C70H65BN2O2/c1-67(2,3)44-29-34-54-56(37-44)72(46-30-25-42(26-31-46)48-19-15-23-62-64(48)50-17-11-13-21-60(50)74-62)58-38-45(68(4,5)6)39-59-66(58)71(54)55-40-52-53(70(9,10)36-35-69(52,7)8)41-57(55)73(59)47-32-27-43(28-33-47)49-20-16-24-63-65(49)51-18-12-14-22-61(51)75-63/h11-14,16-22,24-34,37-41H,15,23,35-36H2,1-10H3. The zero-order valence-corrected chi connectivity index (χ0v) is 45.2. The highest BCUT2D eigenvalue weighted by molar-refractivity contribution is 7.00. The molecule has 2 aliphatic carbocycles. The normalized spacial score (nSPS) is 16.4. The SMILES string of the molecule is CC(C)(C)c1ccc2c(c1)N(c1ccc(C3=CCCc4oc5ccccc5c43)cc1)c1cc(C(C)(C)C)cc3c1B2c1cc2c(cc1N3c1ccc(-c3cccc4oc5ccccc5c34)cc1)C(C)(C)CCC2(C)C. The van der Waals surface area contributed by atoms with E-state index in [0.29, 0.717) is 0 Å². The lowest BCUT2D eigenvalue weighted by atomic mass is 9.33. The number of furan rings is 2. The van der Waals surface area contributed by atoms with E-state index in [4.69, 9.17) is 8.83 Å². The van der Waals surface area contributed by atoms with Gasteiger partial charge in [0, 0.05) is 62.3 Å². The average molecular weight is 977 g/mol. The van der Waals surface area contributed by atoms with Gasteiger partial charge in [0.15, 0.2) is 0 Å². The van der Waals surface area contributed by atoms with E-state index in [1.165, 1.54) is 94.6 Å². The first-order valence-corrected chi connectivity index (χ1v) is 27.4. The summed E-state index contributed by atoms with van der Waals surface area (Å²) in [6.45, 7) is 24.0. The summed E-state index contributed by atoms with van der Waals surface area (Å²) in [5.41, 5.74) is 25.7. The van der Waals surface area contributed by atoms with Gasteiger partial charge in [0.1, 0.15) is 22.5 Å². The predicted octanol–water partition coefficient (Wildman–Crippen LogP) is 17.4. The molecular weight excluding hydrogens is 912 g/mol. The Labute approximate surface area is 442 Å². The van der Waals surface area contributed by atoms with E-state index in [9.17, 15) is 0 Å². The molecule has 0 bridgehead atoms. The van der Waals surface area contributed by atoms with E-state index in [-0.39, 0.29) is 28.4 Å². The quantitative estimate of drug-likeness (QED) is 0.165. The Morgan fingerprint density at radius 3 is 1.71 bits per heavy atom. The van der Waals surface area contributed by atoms with Gasteiger partial charge in [-0.2, -0.15) is 0 Å². The Balaban J connectivity index is 1.01. The predicted molar refractivity (Wildman–Crippen MR) is 317 cm³/mol. The van der Waals surface area contributed by atoms with Gasteiger partial charge in [-0.15, -0.1) is 0 Å². The minimum Gasteiger partial charge on any atom is -0.460 e. The van der Waals surface area contributed by atoms with Crippen LogP contribution >= 0.6 is 0 Å². The highest BCUT2D eigenvalue weighted by Crippen LogP contribution is 2.52. The van der Waals surface area contributed by atoms with Gasteiger partial charge in [0.05, 0.1) is 0 Å². The van der Waals surface area contributed by atoms with Crippen molar-refractivity contribution in [2.75, 3.05) is 9.80 Å². The first-order valence-electron chi connectivity index (χ1n) is 27.4. The smallest absolute Gasteiger partial charge is 0.252 e. The van der Waals surface area contributed by atoms with Gasteiger partial charge < -0.3 is 18.6 Å². The van der Waals surface area contributed by atoms with Crippen molar-refractivity contribution >= 4 is 95.7 Å². The van der Waals surface area contributed by atoms with Gasteiger partial charge in [-0.05, 0) is 169 Å². The second-order valence-corrected chi connectivity index (χ2v) is 25.5. The molecule has 0 saturated carbocycles. The number of hydrogen-bond acceptors (Lipinski definition) is 4. The summed E-state index contributed by atoms with van der Waals surface area (Å²) in [7, 11) is 0. The molecule has 4 aliphatic rings. The molecule has 75 heavy (non-hydrogen) atoms. The van der Waals surface area contributed by atoms with Crippen molar-refractivity contribution in [3.63, 3.8) is 0 Å². The van der Waals surface area contributed by atoms with Crippen molar-refractivity contribution in [1.29, 1.82) is 0 Å². The number of fused-ring (bicyclic) bond motifs is 11. The van der Waals surface area contributed by atoms with Crippen LogP contribution in [-0.4, -0.2) is 6.71 Å². The number of aryl methyl sites for hydroxylation is 1. The Kier molecular flexibility index (Phi) is 9.83. The van der Waals surface area contributed by atoms with Crippen LogP contribution in [-0.2, 0) is 28.1 Å². The van der Waals surface area contributed by atoms with Crippen molar-refractivity contribution in [2.45, 2.75) is 117 Å². The minimum atomic E-state index is -0.146. The first-order chi connectivity index (χ1) is 35.9. The molecule has 0 N–H and O–H groups in total. The molecule has 2 aromatic heterocycles. The van der Waals surface area contributed by atoms with Crippen LogP contribution in [0.3, 0.4) is 0 Å². The number of para-hydroxylation sites is 2. The van der Waals surface area contributed by atoms with Crippen molar-refractivity contribution in [3.8, 4) is 11.1 Å². The molecule has 0 radical (unpaired) electrons. The molecule has 0 spiro atoms. The number of hydrogen-bond donors (Lipinski definition) is 0. The summed E-state index contributed by atoms with van der Waals surface area (Å²) >= 11 is 0. The second kappa shape index (κ2) is 16.0. The fraction of sp³-hybridized carbons (Fsp3) is 0.257. The van der Waals surface area contributed by atoms with E-state index in [2.05, 4.69) is 243 Å². The third kappa shape index (κ3) is 7.02. The molecule has 8 aromatic carbocycles. The summed E-state index contributed by atoms with van der Waals surface area (Å²) in [4.78, 5) is 5.24. The van der Waals surface area contributed by atoms with Crippen molar-refractivity contribution in [2.24, 2.45) is 0 Å². The van der Waals surface area contributed by atoms with Crippen LogP contribution in [0.15, 0.2) is 173 Å². The van der Waals surface area contributed by atoms with Crippen LogP contribution < -0.4 is 26.2 Å². The fourth-order valence-corrected chi connectivity index (χ4v) is 13.4. The van der Waals surface area contributed by atoms with Crippen molar-refractivity contribution < 1.29 is 8.83 Å². The maximum atomic E-state index is 6.47. The zero-order valence-electron chi connectivity index (χ0n) is 45.2. The lowest BCUT2D eigenvalue weighted by molar-refractivity contribution is 0.332. The van der Waals surface area contributed by atoms with Gasteiger partial charge in [-0.25, -0.2) is 0 Å². The third-order valence-corrected chi connectivity index (χ3v) is 17.7. The lowest BCUT2D eigenvalue weighted by Crippen LogP contribution is -2.62. The molecule has 5 heteroatoms. The van der Waals surface area contributed by atoms with Crippen LogP contribution in [0.5, 0.6) is 0 Å². The van der Waals surface area contributed by atoms with Gasteiger partial charge in [0.25, 0.3) is 6.71 Å². The van der Waals surface area contributed by atoms with Gasteiger partial charge in [-0.1, -0.05) is 166 Å². The number of rotatable bonds is 4. The largest absolute Gasteiger partial charge is 0.460 e.